The van der Waals surface area contributed by atoms with Gasteiger partial charge in [-0.25, -0.2) is 4.79 Å². The van der Waals surface area contributed by atoms with Crippen LogP contribution < -0.4 is 0 Å². The fourth-order valence-electron chi connectivity index (χ4n) is 4.65. The fourth-order valence-corrected chi connectivity index (χ4v) is 4.65. The van der Waals surface area contributed by atoms with Crippen molar-refractivity contribution in [1.29, 1.82) is 0 Å². The van der Waals surface area contributed by atoms with Crippen molar-refractivity contribution in [1.82, 2.24) is 14.7 Å². The molecule has 3 saturated heterocycles. The molecule has 2 amide bonds. The highest BCUT2D eigenvalue weighted by Crippen LogP contribution is 2.32. The van der Waals surface area contributed by atoms with E-state index in [-0.39, 0.29) is 24.0 Å². The van der Waals surface area contributed by atoms with E-state index in [1.165, 1.54) is 12.8 Å². The summed E-state index contributed by atoms with van der Waals surface area (Å²) < 4.78 is 10.9. The van der Waals surface area contributed by atoms with E-state index >= 15 is 0 Å². The molecule has 1 unspecified atom stereocenters. The SMILES string of the molecule is O=C(OCC1CCCCN1C(=O)C1CCN(C2CC2)CC1)N1CCOCC1. The Balaban J connectivity index is 1.27. The average molecular weight is 380 g/mol. The van der Waals surface area contributed by atoms with Gasteiger partial charge in [0.2, 0.25) is 5.91 Å². The maximum atomic E-state index is 13.1. The molecule has 0 aromatic heterocycles. The van der Waals surface area contributed by atoms with E-state index in [4.69, 9.17) is 9.47 Å². The average Bonchev–Trinajstić information content (AvgIpc) is 3.58. The van der Waals surface area contributed by atoms with E-state index in [1.807, 2.05) is 4.90 Å². The van der Waals surface area contributed by atoms with E-state index in [9.17, 15) is 9.59 Å². The van der Waals surface area contributed by atoms with Crippen LogP contribution in [0.25, 0.3) is 0 Å². The molecular weight excluding hydrogens is 346 g/mol. The molecule has 4 rings (SSSR count). The van der Waals surface area contributed by atoms with Crippen molar-refractivity contribution < 1.29 is 19.1 Å². The van der Waals surface area contributed by atoms with Gasteiger partial charge in [-0.1, -0.05) is 0 Å². The van der Waals surface area contributed by atoms with Crippen LogP contribution in [0.3, 0.4) is 0 Å². The van der Waals surface area contributed by atoms with Crippen LogP contribution in [0.4, 0.5) is 4.79 Å². The van der Waals surface area contributed by atoms with Gasteiger partial charge in [0.15, 0.2) is 0 Å². The molecule has 0 radical (unpaired) electrons. The van der Waals surface area contributed by atoms with Crippen molar-refractivity contribution in [3.63, 3.8) is 0 Å². The third-order valence-corrected chi connectivity index (χ3v) is 6.52. The predicted octanol–water partition coefficient (Wildman–Crippen LogP) is 1.71. The minimum absolute atomic E-state index is 0.0395. The first-order valence-electron chi connectivity index (χ1n) is 10.8. The topological polar surface area (TPSA) is 62.3 Å². The van der Waals surface area contributed by atoms with Crippen LogP contribution in [-0.2, 0) is 14.3 Å². The summed E-state index contributed by atoms with van der Waals surface area (Å²) in [6, 6.07) is 0.834. The van der Waals surface area contributed by atoms with Gasteiger partial charge in [-0.15, -0.1) is 0 Å². The molecule has 0 aromatic rings. The molecule has 1 aliphatic carbocycles. The number of carbonyl (C=O) groups is 2. The lowest BCUT2D eigenvalue weighted by Crippen LogP contribution is -2.51. The summed E-state index contributed by atoms with van der Waals surface area (Å²) in [6.07, 6.45) is 7.45. The Hall–Kier alpha value is -1.34. The first-order valence-corrected chi connectivity index (χ1v) is 10.8. The van der Waals surface area contributed by atoms with Gasteiger partial charge in [0.05, 0.1) is 19.3 Å². The molecule has 1 saturated carbocycles. The van der Waals surface area contributed by atoms with Crippen LogP contribution >= 0.6 is 0 Å². The van der Waals surface area contributed by atoms with Crippen LogP contribution in [0.1, 0.15) is 44.9 Å². The van der Waals surface area contributed by atoms with Gasteiger partial charge in [0, 0.05) is 31.6 Å². The first-order chi connectivity index (χ1) is 13.2. The number of rotatable bonds is 4. The molecule has 27 heavy (non-hydrogen) atoms. The van der Waals surface area contributed by atoms with E-state index in [2.05, 4.69) is 4.90 Å². The Labute approximate surface area is 161 Å². The lowest BCUT2D eigenvalue weighted by Gasteiger charge is -2.40. The molecule has 1 atom stereocenters. The zero-order chi connectivity index (χ0) is 18.6. The number of hydrogen-bond acceptors (Lipinski definition) is 5. The highest BCUT2D eigenvalue weighted by atomic mass is 16.6. The minimum Gasteiger partial charge on any atom is -0.447 e. The molecule has 7 nitrogen and oxygen atoms in total. The smallest absolute Gasteiger partial charge is 0.409 e. The quantitative estimate of drug-likeness (QED) is 0.744. The lowest BCUT2D eigenvalue weighted by atomic mass is 9.92. The van der Waals surface area contributed by atoms with Crippen LogP contribution in [0, 0.1) is 5.92 Å². The van der Waals surface area contributed by atoms with Crippen molar-refractivity contribution >= 4 is 12.0 Å². The summed E-state index contributed by atoms with van der Waals surface area (Å²) in [4.78, 5) is 31.7. The standard InChI is InChI=1S/C20H33N3O4/c24-19(16-6-9-21(10-7-16)17-4-5-17)23-8-2-1-3-18(23)15-27-20(25)22-11-13-26-14-12-22/h16-18H,1-15H2. The Morgan fingerprint density at radius 2 is 1.63 bits per heavy atom. The molecule has 3 aliphatic heterocycles. The molecule has 3 heterocycles. The number of carbonyl (C=O) groups excluding carboxylic acids is 2. The van der Waals surface area contributed by atoms with Crippen molar-refractivity contribution in [3.8, 4) is 0 Å². The zero-order valence-corrected chi connectivity index (χ0v) is 16.3. The van der Waals surface area contributed by atoms with Gasteiger partial charge >= 0.3 is 6.09 Å². The highest BCUT2D eigenvalue weighted by molar-refractivity contribution is 5.79. The predicted molar refractivity (Wildman–Crippen MR) is 100 cm³/mol. The lowest BCUT2D eigenvalue weighted by molar-refractivity contribution is -0.142. The molecule has 0 aromatic carbocycles. The van der Waals surface area contributed by atoms with Crippen LogP contribution in [-0.4, -0.2) is 91.3 Å². The molecule has 152 valence electrons. The molecule has 7 heteroatoms. The fraction of sp³-hybridized carbons (Fsp3) is 0.900. The second kappa shape index (κ2) is 8.78. The Morgan fingerprint density at radius 3 is 2.33 bits per heavy atom. The van der Waals surface area contributed by atoms with Crippen molar-refractivity contribution in [2.24, 2.45) is 5.92 Å². The maximum Gasteiger partial charge on any atom is 0.409 e. The molecule has 0 bridgehead atoms. The first kappa shape index (κ1) is 19.0. The third kappa shape index (κ3) is 4.74. The van der Waals surface area contributed by atoms with Gasteiger partial charge in [0.1, 0.15) is 6.61 Å². The normalized spacial score (nSPS) is 28.2. The van der Waals surface area contributed by atoms with Crippen LogP contribution in [0.2, 0.25) is 0 Å². The van der Waals surface area contributed by atoms with Gasteiger partial charge in [0.25, 0.3) is 0 Å². The number of nitrogens with zero attached hydrogens (tertiary/aromatic N) is 3. The summed E-state index contributed by atoms with van der Waals surface area (Å²) in [7, 11) is 0. The van der Waals surface area contributed by atoms with E-state index in [0.717, 1.165) is 57.8 Å². The number of morpholine rings is 1. The highest BCUT2D eigenvalue weighted by Gasteiger charge is 2.37. The number of hydrogen-bond donors (Lipinski definition) is 0. The van der Waals surface area contributed by atoms with E-state index in [1.54, 1.807) is 4.90 Å². The summed E-state index contributed by atoms with van der Waals surface area (Å²) in [5.41, 5.74) is 0. The summed E-state index contributed by atoms with van der Waals surface area (Å²) >= 11 is 0. The second-order valence-electron chi connectivity index (χ2n) is 8.40. The van der Waals surface area contributed by atoms with Gasteiger partial charge in [-0.2, -0.15) is 0 Å². The van der Waals surface area contributed by atoms with Crippen LogP contribution in [0.5, 0.6) is 0 Å². The number of piperidine rings is 2. The summed E-state index contributed by atoms with van der Waals surface area (Å²) in [6.45, 7) is 5.57. The molecule has 4 fully saturated rings. The zero-order valence-electron chi connectivity index (χ0n) is 16.3. The molecular formula is C20H33N3O4. The van der Waals surface area contributed by atoms with E-state index < -0.39 is 0 Å². The summed E-state index contributed by atoms with van der Waals surface area (Å²) in [5, 5.41) is 0. The van der Waals surface area contributed by atoms with Crippen LogP contribution in [0.15, 0.2) is 0 Å². The Kier molecular flexibility index (Phi) is 6.18. The van der Waals surface area contributed by atoms with Crippen molar-refractivity contribution in [3.05, 3.63) is 0 Å². The van der Waals surface area contributed by atoms with Crippen molar-refractivity contribution in [2.45, 2.75) is 57.0 Å². The van der Waals surface area contributed by atoms with Gasteiger partial charge < -0.3 is 24.2 Å². The van der Waals surface area contributed by atoms with Gasteiger partial charge in [-0.3, -0.25) is 4.79 Å². The minimum atomic E-state index is -0.269. The number of likely N-dealkylation sites (tertiary alicyclic amines) is 2. The molecule has 0 spiro atoms. The molecule has 4 aliphatic rings. The third-order valence-electron chi connectivity index (χ3n) is 6.52. The Bertz CT molecular complexity index is 525. The number of amides is 2. The Morgan fingerprint density at radius 1 is 0.889 bits per heavy atom. The largest absolute Gasteiger partial charge is 0.447 e. The van der Waals surface area contributed by atoms with E-state index in [0.29, 0.717) is 32.9 Å². The number of ether oxygens (including phenoxy) is 2. The maximum absolute atomic E-state index is 13.1. The second-order valence-corrected chi connectivity index (χ2v) is 8.40. The van der Waals surface area contributed by atoms with Crippen molar-refractivity contribution in [2.75, 3.05) is 52.5 Å². The van der Waals surface area contributed by atoms with Gasteiger partial charge in [-0.05, 0) is 58.0 Å². The monoisotopic (exact) mass is 379 g/mol. The molecule has 0 N–H and O–H groups in total. The summed E-state index contributed by atoms with van der Waals surface area (Å²) in [5.74, 6) is 0.438.